The second-order valence-electron chi connectivity index (χ2n) is 3.31. The van der Waals surface area contributed by atoms with Crippen LogP contribution in [0.25, 0.3) is 0 Å². The first kappa shape index (κ1) is 11.8. The maximum Gasteiger partial charge on any atom is 0.257 e. The first-order valence-corrected chi connectivity index (χ1v) is 5.93. The molecule has 2 rings (SSSR count). The normalized spacial score (nSPS) is 10.2. The van der Waals surface area contributed by atoms with E-state index in [4.69, 9.17) is 17.3 Å². The molecule has 0 saturated heterocycles. The van der Waals surface area contributed by atoms with Crippen LogP contribution in [0.15, 0.2) is 18.2 Å². The van der Waals surface area contributed by atoms with Crippen molar-refractivity contribution < 1.29 is 4.79 Å². The van der Waals surface area contributed by atoms with Gasteiger partial charge in [0.25, 0.3) is 5.91 Å². The van der Waals surface area contributed by atoms with Gasteiger partial charge in [-0.25, -0.2) is 0 Å². The van der Waals surface area contributed by atoms with E-state index in [-0.39, 0.29) is 5.91 Å². The minimum absolute atomic E-state index is 0.277. The first-order valence-electron chi connectivity index (χ1n) is 4.73. The van der Waals surface area contributed by atoms with Gasteiger partial charge in [0, 0.05) is 10.6 Å². The highest BCUT2D eigenvalue weighted by molar-refractivity contribution is 7.19. The number of hydrogen-bond acceptors (Lipinski definition) is 5. The number of anilines is 2. The Kier molecular flexibility index (Phi) is 3.26. The van der Waals surface area contributed by atoms with Crippen LogP contribution in [0.4, 0.5) is 10.3 Å². The van der Waals surface area contributed by atoms with Crippen LogP contribution in [0.5, 0.6) is 0 Å². The largest absolute Gasteiger partial charge is 0.374 e. The molecule has 2 aromatic rings. The summed E-state index contributed by atoms with van der Waals surface area (Å²) in [6, 6.07) is 5.15. The molecule has 17 heavy (non-hydrogen) atoms. The smallest absolute Gasteiger partial charge is 0.257 e. The quantitative estimate of drug-likeness (QED) is 0.876. The molecule has 1 aromatic heterocycles. The number of carbonyl (C=O) groups excluding carboxylic acids is 1. The molecule has 0 unspecified atom stereocenters. The molecule has 5 nitrogen and oxygen atoms in total. The summed E-state index contributed by atoms with van der Waals surface area (Å²) in [4.78, 5) is 11.9. The minimum Gasteiger partial charge on any atom is -0.374 e. The van der Waals surface area contributed by atoms with E-state index in [1.807, 2.05) is 0 Å². The number of carbonyl (C=O) groups is 1. The highest BCUT2D eigenvalue weighted by atomic mass is 35.5. The van der Waals surface area contributed by atoms with E-state index < -0.39 is 0 Å². The lowest BCUT2D eigenvalue weighted by Gasteiger charge is -2.05. The van der Waals surface area contributed by atoms with Gasteiger partial charge in [-0.2, -0.15) is 0 Å². The molecular weight excluding hydrogens is 260 g/mol. The van der Waals surface area contributed by atoms with Gasteiger partial charge < -0.3 is 5.73 Å². The van der Waals surface area contributed by atoms with Crippen LogP contribution in [0.1, 0.15) is 15.9 Å². The van der Waals surface area contributed by atoms with E-state index in [0.717, 1.165) is 16.9 Å². The molecule has 88 valence electrons. The molecule has 0 spiro atoms. The second kappa shape index (κ2) is 4.68. The molecule has 0 radical (unpaired) electrons. The highest BCUT2D eigenvalue weighted by Crippen LogP contribution is 2.21. The number of nitrogens with zero attached hydrogens (tertiary/aromatic N) is 2. The van der Waals surface area contributed by atoms with E-state index in [2.05, 4.69) is 15.5 Å². The summed E-state index contributed by atoms with van der Waals surface area (Å²) in [5, 5.41) is 11.2. The van der Waals surface area contributed by atoms with Crippen molar-refractivity contribution in [2.45, 2.75) is 6.92 Å². The zero-order valence-electron chi connectivity index (χ0n) is 8.90. The lowest BCUT2D eigenvalue weighted by atomic mass is 10.1. The summed E-state index contributed by atoms with van der Waals surface area (Å²) in [5.74, 6) is -0.277. The topological polar surface area (TPSA) is 80.9 Å². The van der Waals surface area contributed by atoms with Crippen LogP contribution in [-0.2, 0) is 0 Å². The van der Waals surface area contributed by atoms with E-state index >= 15 is 0 Å². The molecule has 1 heterocycles. The molecule has 3 N–H and O–H groups in total. The SMILES string of the molecule is Cc1c(Cl)cccc1C(=O)Nc1nnc(N)s1. The zero-order valence-corrected chi connectivity index (χ0v) is 10.5. The van der Waals surface area contributed by atoms with Crippen LogP contribution in [0.2, 0.25) is 5.02 Å². The van der Waals surface area contributed by atoms with Gasteiger partial charge in [-0.15, -0.1) is 10.2 Å². The minimum atomic E-state index is -0.277. The van der Waals surface area contributed by atoms with Crippen LogP contribution < -0.4 is 11.1 Å². The van der Waals surface area contributed by atoms with Crippen molar-refractivity contribution in [3.05, 3.63) is 34.3 Å². The van der Waals surface area contributed by atoms with Gasteiger partial charge in [-0.05, 0) is 24.6 Å². The fraction of sp³-hybridized carbons (Fsp3) is 0.100. The summed E-state index contributed by atoms with van der Waals surface area (Å²) in [5.41, 5.74) is 6.65. The monoisotopic (exact) mass is 268 g/mol. The van der Waals surface area contributed by atoms with Crippen molar-refractivity contribution in [3.8, 4) is 0 Å². The Morgan fingerprint density at radius 1 is 1.47 bits per heavy atom. The molecule has 0 aliphatic heterocycles. The second-order valence-corrected chi connectivity index (χ2v) is 4.73. The molecule has 1 aromatic carbocycles. The molecule has 0 aliphatic carbocycles. The Morgan fingerprint density at radius 2 is 2.24 bits per heavy atom. The molecule has 0 aliphatic rings. The molecule has 0 fully saturated rings. The Hall–Kier alpha value is -1.66. The maximum absolute atomic E-state index is 11.9. The molecular formula is C10H9ClN4OS. The summed E-state index contributed by atoms with van der Waals surface area (Å²) >= 11 is 7.05. The maximum atomic E-state index is 11.9. The summed E-state index contributed by atoms with van der Waals surface area (Å²) in [6.45, 7) is 1.78. The van der Waals surface area contributed by atoms with Crippen molar-refractivity contribution in [1.29, 1.82) is 0 Å². The van der Waals surface area contributed by atoms with Crippen LogP contribution in [-0.4, -0.2) is 16.1 Å². The number of benzene rings is 1. The van der Waals surface area contributed by atoms with E-state index in [0.29, 0.717) is 20.8 Å². The number of hydrogen-bond donors (Lipinski definition) is 2. The Balaban J connectivity index is 2.23. The Labute approximate surface area is 107 Å². The van der Waals surface area contributed by atoms with Crippen molar-refractivity contribution in [2.24, 2.45) is 0 Å². The number of nitrogen functional groups attached to an aromatic ring is 1. The lowest BCUT2D eigenvalue weighted by Crippen LogP contribution is -2.13. The predicted molar refractivity (Wildman–Crippen MR) is 68.5 cm³/mol. The van der Waals surface area contributed by atoms with Gasteiger partial charge in [0.2, 0.25) is 10.3 Å². The van der Waals surface area contributed by atoms with Crippen molar-refractivity contribution >= 4 is 39.1 Å². The van der Waals surface area contributed by atoms with E-state index in [1.165, 1.54) is 0 Å². The number of rotatable bonds is 2. The molecule has 7 heteroatoms. The number of aromatic nitrogens is 2. The average molecular weight is 269 g/mol. The summed E-state index contributed by atoms with van der Waals surface area (Å²) in [6.07, 6.45) is 0. The third-order valence-electron chi connectivity index (χ3n) is 2.17. The van der Waals surface area contributed by atoms with Crippen LogP contribution >= 0.6 is 22.9 Å². The van der Waals surface area contributed by atoms with Crippen LogP contribution in [0, 0.1) is 6.92 Å². The van der Waals surface area contributed by atoms with Gasteiger partial charge in [0.15, 0.2) is 0 Å². The fourth-order valence-corrected chi connectivity index (χ4v) is 1.98. The number of nitrogens with two attached hydrogens (primary N) is 1. The van der Waals surface area contributed by atoms with Crippen LogP contribution in [0.3, 0.4) is 0 Å². The molecule has 0 saturated carbocycles. The Bertz CT molecular complexity index is 569. The van der Waals surface area contributed by atoms with Gasteiger partial charge in [-0.1, -0.05) is 29.0 Å². The van der Waals surface area contributed by atoms with Gasteiger partial charge in [0.1, 0.15) is 0 Å². The van der Waals surface area contributed by atoms with Gasteiger partial charge in [0.05, 0.1) is 0 Å². The van der Waals surface area contributed by atoms with Crippen molar-refractivity contribution in [2.75, 3.05) is 11.1 Å². The first-order chi connectivity index (χ1) is 8.08. The van der Waals surface area contributed by atoms with Crippen molar-refractivity contribution in [3.63, 3.8) is 0 Å². The molecule has 0 bridgehead atoms. The third kappa shape index (κ3) is 2.54. The zero-order chi connectivity index (χ0) is 12.4. The lowest BCUT2D eigenvalue weighted by molar-refractivity contribution is 0.102. The van der Waals surface area contributed by atoms with Crippen molar-refractivity contribution in [1.82, 2.24) is 10.2 Å². The fourth-order valence-electron chi connectivity index (χ4n) is 1.30. The van der Waals surface area contributed by atoms with Gasteiger partial charge in [-0.3, -0.25) is 10.1 Å². The summed E-state index contributed by atoms with van der Waals surface area (Å²) < 4.78 is 0. The third-order valence-corrected chi connectivity index (χ3v) is 3.25. The molecule has 0 atom stereocenters. The van der Waals surface area contributed by atoms with E-state index in [1.54, 1.807) is 25.1 Å². The number of amides is 1. The number of nitrogens with one attached hydrogen (secondary N) is 1. The van der Waals surface area contributed by atoms with E-state index in [9.17, 15) is 4.79 Å². The molecule has 1 amide bonds. The predicted octanol–water partition coefficient (Wildman–Crippen LogP) is 2.33. The summed E-state index contributed by atoms with van der Waals surface area (Å²) in [7, 11) is 0. The highest BCUT2D eigenvalue weighted by Gasteiger charge is 2.12. The standard InChI is InChI=1S/C10H9ClN4OS/c1-5-6(3-2-4-7(5)11)8(16)13-10-15-14-9(12)17-10/h2-4H,1H3,(H2,12,14)(H,13,15,16). The van der Waals surface area contributed by atoms with Gasteiger partial charge >= 0.3 is 0 Å². The number of halogens is 1. The Morgan fingerprint density at radius 3 is 2.88 bits per heavy atom. The average Bonchev–Trinajstić information content (AvgIpc) is 2.68.